The van der Waals surface area contributed by atoms with Gasteiger partial charge < -0.3 is 15.0 Å². The molecule has 0 aliphatic heterocycles. The lowest BCUT2D eigenvalue weighted by Gasteiger charge is -2.12. The van der Waals surface area contributed by atoms with Crippen molar-refractivity contribution in [1.82, 2.24) is 20.5 Å². The first-order chi connectivity index (χ1) is 12.9. The Morgan fingerprint density at radius 3 is 2.48 bits per heavy atom. The second-order valence-electron chi connectivity index (χ2n) is 7.01. The van der Waals surface area contributed by atoms with Crippen LogP contribution in [0, 0.1) is 5.92 Å². The van der Waals surface area contributed by atoms with Crippen LogP contribution in [0.25, 0.3) is 11.4 Å². The lowest BCUT2D eigenvalue weighted by molar-refractivity contribution is -0.121. The molecule has 0 aliphatic carbocycles. The van der Waals surface area contributed by atoms with Crippen LogP contribution in [0.4, 0.5) is 0 Å². The van der Waals surface area contributed by atoms with Gasteiger partial charge >= 0.3 is 0 Å². The maximum absolute atomic E-state index is 12.2. The number of rotatable bonds is 9. The third kappa shape index (κ3) is 6.51. The molecule has 0 aliphatic rings. The van der Waals surface area contributed by atoms with E-state index in [4.69, 9.17) is 4.74 Å². The van der Waals surface area contributed by atoms with Crippen LogP contribution in [-0.2, 0) is 11.2 Å². The van der Waals surface area contributed by atoms with Gasteiger partial charge in [0, 0.05) is 24.9 Å². The molecule has 1 aromatic heterocycles. The molecule has 0 unspecified atom stereocenters. The number of benzene rings is 1. The second kappa shape index (κ2) is 9.85. The fourth-order valence-electron chi connectivity index (χ4n) is 2.30. The molecule has 0 saturated heterocycles. The summed E-state index contributed by atoms with van der Waals surface area (Å²) in [5, 5.41) is 10.9. The largest absolute Gasteiger partial charge is 0.491 e. The van der Waals surface area contributed by atoms with Gasteiger partial charge in [-0.2, -0.15) is 0 Å². The molecular weight excluding hydrogens is 344 g/mol. The van der Waals surface area contributed by atoms with E-state index >= 15 is 0 Å². The third-order valence-corrected chi connectivity index (χ3v) is 4.10. The molecule has 1 aromatic carbocycles. The van der Waals surface area contributed by atoms with Crippen molar-refractivity contribution in [2.24, 2.45) is 5.92 Å². The van der Waals surface area contributed by atoms with Crippen molar-refractivity contribution in [2.75, 3.05) is 6.54 Å². The van der Waals surface area contributed by atoms with Gasteiger partial charge in [0.15, 0.2) is 5.82 Å². The minimum atomic E-state index is -0.323. The second-order valence-corrected chi connectivity index (χ2v) is 7.01. The van der Waals surface area contributed by atoms with Crippen LogP contribution in [-0.4, -0.2) is 33.7 Å². The predicted octanol–water partition coefficient (Wildman–Crippen LogP) is 2.71. The van der Waals surface area contributed by atoms with E-state index in [1.165, 1.54) is 0 Å². The molecule has 0 bridgehead atoms. The van der Waals surface area contributed by atoms with E-state index in [-0.39, 0.29) is 36.1 Å². The van der Waals surface area contributed by atoms with Crippen molar-refractivity contribution in [3.63, 3.8) is 0 Å². The Bertz CT molecular complexity index is 800. The summed E-state index contributed by atoms with van der Waals surface area (Å²) < 4.78 is 5.74. The molecule has 0 spiro atoms. The van der Waals surface area contributed by atoms with Gasteiger partial charge in [0.1, 0.15) is 11.4 Å². The van der Waals surface area contributed by atoms with Gasteiger partial charge in [0.05, 0.1) is 6.10 Å². The number of hydrogen-bond donors (Lipinski definition) is 2. The predicted molar refractivity (Wildman–Crippen MR) is 105 cm³/mol. The van der Waals surface area contributed by atoms with Crippen LogP contribution in [0.3, 0.4) is 0 Å². The average molecular weight is 372 g/mol. The SMILES string of the molecule is CC[C@@H](C)Oc1ccc(-c2nnc(CCC(=O)NCC(C)C)c(=O)[nH]2)cc1. The van der Waals surface area contributed by atoms with E-state index in [0.29, 0.717) is 18.3 Å². The summed E-state index contributed by atoms with van der Waals surface area (Å²) in [7, 11) is 0. The zero-order valence-electron chi connectivity index (χ0n) is 16.4. The summed E-state index contributed by atoms with van der Waals surface area (Å²) in [6.45, 7) is 8.75. The molecule has 7 nitrogen and oxygen atoms in total. The molecule has 2 N–H and O–H groups in total. The zero-order chi connectivity index (χ0) is 19.8. The number of hydrogen-bond acceptors (Lipinski definition) is 5. The normalized spacial score (nSPS) is 12.0. The Kier molecular flexibility index (Phi) is 7.52. The summed E-state index contributed by atoms with van der Waals surface area (Å²) in [4.78, 5) is 26.7. The molecular formula is C20H28N4O3. The maximum Gasteiger partial charge on any atom is 0.273 e. The van der Waals surface area contributed by atoms with Crippen molar-refractivity contribution in [3.8, 4) is 17.1 Å². The Balaban J connectivity index is 1.99. The first-order valence-electron chi connectivity index (χ1n) is 9.38. The van der Waals surface area contributed by atoms with Crippen LogP contribution >= 0.6 is 0 Å². The molecule has 2 rings (SSSR count). The molecule has 1 atom stereocenters. The summed E-state index contributed by atoms with van der Waals surface area (Å²) >= 11 is 0. The number of nitrogens with zero attached hydrogens (tertiary/aromatic N) is 2. The smallest absolute Gasteiger partial charge is 0.273 e. The summed E-state index contributed by atoms with van der Waals surface area (Å²) in [5.74, 6) is 1.46. The Morgan fingerprint density at radius 1 is 1.19 bits per heavy atom. The highest BCUT2D eigenvalue weighted by Crippen LogP contribution is 2.19. The first-order valence-corrected chi connectivity index (χ1v) is 9.38. The van der Waals surface area contributed by atoms with Gasteiger partial charge in [-0.3, -0.25) is 9.59 Å². The Labute approximate surface area is 159 Å². The Hall–Kier alpha value is -2.70. The fraction of sp³-hybridized carbons (Fsp3) is 0.500. The van der Waals surface area contributed by atoms with Gasteiger partial charge in [-0.25, -0.2) is 0 Å². The highest BCUT2D eigenvalue weighted by atomic mass is 16.5. The first kappa shape index (κ1) is 20.6. The van der Waals surface area contributed by atoms with E-state index in [2.05, 4.69) is 27.4 Å². The quantitative estimate of drug-likeness (QED) is 0.705. The van der Waals surface area contributed by atoms with Crippen LogP contribution in [0.5, 0.6) is 5.75 Å². The van der Waals surface area contributed by atoms with Gasteiger partial charge in [-0.1, -0.05) is 20.8 Å². The van der Waals surface area contributed by atoms with Gasteiger partial charge in [0.25, 0.3) is 5.56 Å². The number of amides is 1. The topological polar surface area (TPSA) is 97.0 Å². The number of nitrogens with one attached hydrogen (secondary N) is 2. The maximum atomic E-state index is 12.2. The fourth-order valence-corrected chi connectivity index (χ4v) is 2.30. The third-order valence-electron chi connectivity index (χ3n) is 4.10. The van der Waals surface area contributed by atoms with Crippen LogP contribution in [0.15, 0.2) is 29.1 Å². The van der Waals surface area contributed by atoms with Crippen molar-refractivity contribution in [2.45, 2.75) is 53.1 Å². The number of ether oxygens (including phenoxy) is 1. The zero-order valence-corrected chi connectivity index (χ0v) is 16.4. The summed E-state index contributed by atoms with van der Waals surface area (Å²) in [6.07, 6.45) is 1.55. The van der Waals surface area contributed by atoms with Crippen molar-refractivity contribution in [3.05, 3.63) is 40.3 Å². The van der Waals surface area contributed by atoms with Crippen LogP contribution in [0.1, 0.15) is 46.2 Å². The number of carbonyl (C=O) groups is 1. The molecule has 146 valence electrons. The standard InChI is InChI=1S/C20H28N4O3/c1-5-14(4)27-16-8-6-15(7-9-16)19-22-20(26)17(23-24-19)10-11-18(25)21-12-13(2)3/h6-9,13-14H,5,10-12H2,1-4H3,(H,21,25)(H,22,24,26)/t14-/m1/s1. The Morgan fingerprint density at radius 2 is 1.89 bits per heavy atom. The molecule has 0 radical (unpaired) electrons. The number of H-pyrrole nitrogens is 1. The van der Waals surface area contributed by atoms with E-state index in [0.717, 1.165) is 17.7 Å². The summed E-state index contributed by atoms with van der Waals surface area (Å²) in [6, 6.07) is 7.34. The minimum Gasteiger partial charge on any atom is -0.491 e. The molecule has 27 heavy (non-hydrogen) atoms. The molecule has 1 heterocycles. The molecule has 7 heteroatoms. The summed E-state index contributed by atoms with van der Waals surface area (Å²) in [5.41, 5.74) is 0.684. The number of aryl methyl sites for hydroxylation is 1. The highest BCUT2D eigenvalue weighted by molar-refractivity contribution is 5.76. The van der Waals surface area contributed by atoms with E-state index in [1.54, 1.807) is 0 Å². The number of aromatic amines is 1. The van der Waals surface area contributed by atoms with E-state index in [1.807, 2.05) is 45.0 Å². The lowest BCUT2D eigenvalue weighted by Crippen LogP contribution is -2.28. The molecule has 1 amide bonds. The van der Waals surface area contributed by atoms with Gasteiger partial charge in [0.2, 0.25) is 5.91 Å². The highest BCUT2D eigenvalue weighted by Gasteiger charge is 2.10. The van der Waals surface area contributed by atoms with Crippen molar-refractivity contribution < 1.29 is 9.53 Å². The van der Waals surface area contributed by atoms with Gasteiger partial charge in [-0.05, 0) is 43.5 Å². The molecule has 0 fully saturated rings. The monoisotopic (exact) mass is 372 g/mol. The molecule has 2 aromatic rings. The van der Waals surface area contributed by atoms with E-state index < -0.39 is 0 Å². The van der Waals surface area contributed by atoms with Crippen molar-refractivity contribution in [1.29, 1.82) is 0 Å². The number of aromatic nitrogens is 3. The van der Waals surface area contributed by atoms with E-state index in [9.17, 15) is 9.59 Å². The van der Waals surface area contributed by atoms with Crippen LogP contribution in [0.2, 0.25) is 0 Å². The average Bonchev–Trinajstić information content (AvgIpc) is 2.65. The minimum absolute atomic E-state index is 0.0918. The molecule has 0 saturated carbocycles. The van der Waals surface area contributed by atoms with Crippen molar-refractivity contribution >= 4 is 5.91 Å². The van der Waals surface area contributed by atoms with Crippen LogP contribution < -0.4 is 15.6 Å². The lowest BCUT2D eigenvalue weighted by atomic mass is 10.2. The number of carbonyl (C=O) groups excluding carboxylic acids is 1. The van der Waals surface area contributed by atoms with Gasteiger partial charge in [-0.15, -0.1) is 10.2 Å².